The highest BCUT2D eigenvalue weighted by Gasteiger charge is 2.77. The number of aliphatic hydroxyl groups excluding tert-OH is 1. The van der Waals surface area contributed by atoms with Crippen molar-refractivity contribution < 1.29 is 29.3 Å². The Morgan fingerprint density at radius 2 is 1.65 bits per heavy atom. The van der Waals surface area contributed by atoms with Crippen molar-refractivity contribution in [3.63, 3.8) is 0 Å². The SMILES string of the molecule is CC(C)=CCC[C@]1(C)[C@@H](CC=C(C)C)C[C@@]2(C)C(=O)[C@]1(C(=O)c1ccccc1)C(=O)C1=C2O[C@H](C(C)(C)O)[C@@H]1O. The summed E-state index contributed by atoms with van der Waals surface area (Å²) in [5.74, 6) is -1.76. The fourth-order valence-corrected chi connectivity index (χ4v) is 7.33. The molecule has 1 aromatic carbocycles. The van der Waals surface area contributed by atoms with Crippen molar-refractivity contribution in [3.05, 3.63) is 70.5 Å². The maximum absolute atomic E-state index is 14.9. The molecule has 1 aliphatic heterocycles. The molecule has 0 unspecified atom stereocenters. The second kappa shape index (κ2) is 10.2. The largest absolute Gasteiger partial charge is 0.487 e. The first-order valence-corrected chi connectivity index (χ1v) is 14.3. The molecule has 3 aliphatic rings. The molecular weight excluding hydrogens is 504 g/mol. The van der Waals surface area contributed by atoms with E-state index in [1.165, 1.54) is 13.8 Å². The number of carbonyl (C=O) groups is 3. The zero-order valence-electron chi connectivity index (χ0n) is 25.1. The first-order chi connectivity index (χ1) is 18.5. The van der Waals surface area contributed by atoms with E-state index in [0.717, 1.165) is 11.1 Å². The molecular formula is C34H44O6. The van der Waals surface area contributed by atoms with Crippen LogP contribution in [0.2, 0.25) is 0 Å². The molecule has 0 aromatic heterocycles. The minimum Gasteiger partial charge on any atom is -0.487 e. The molecule has 1 fully saturated rings. The minimum absolute atomic E-state index is 0.0346. The van der Waals surface area contributed by atoms with E-state index in [2.05, 4.69) is 12.2 Å². The van der Waals surface area contributed by atoms with Gasteiger partial charge in [0.05, 0.1) is 16.6 Å². The van der Waals surface area contributed by atoms with Crippen LogP contribution in [0, 0.1) is 22.2 Å². The highest BCUT2D eigenvalue weighted by Crippen LogP contribution is 2.68. The standard InChI is InChI=1S/C34H44O6/c1-20(2)13-12-18-33(8)23(17-16-21(3)4)19-32(7)28-24(25(35)29(40-28)31(5,6)39)27(37)34(33,30(32)38)26(36)22-14-10-9-11-15-22/h9-11,13-16,23,25,29,35,39H,12,17-19H2,1-8H3/t23-,25+,29-,32+,33+,34-/m0/s1. The molecule has 2 aliphatic carbocycles. The van der Waals surface area contributed by atoms with Crippen molar-refractivity contribution in [2.45, 2.75) is 98.9 Å². The van der Waals surface area contributed by atoms with E-state index in [9.17, 15) is 24.6 Å². The maximum Gasteiger partial charge on any atom is 0.187 e. The average molecular weight is 549 g/mol. The lowest BCUT2D eigenvalue weighted by Gasteiger charge is -2.60. The van der Waals surface area contributed by atoms with Gasteiger partial charge in [-0.3, -0.25) is 14.4 Å². The third-order valence-corrected chi connectivity index (χ3v) is 9.51. The summed E-state index contributed by atoms with van der Waals surface area (Å²) in [5.41, 5.74) is -3.41. The molecule has 0 saturated heterocycles. The van der Waals surface area contributed by atoms with Crippen molar-refractivity contribution in [1.82, 2.24) is 0 Å². The number of fused-ring (bicyclic) bond motifs is 3. The van der Waals surface area contributed by atoms with Crippen LogP contribution in [0.5, 0.6) is 0 Å². The van der Waals surface area contributed by atoms with Crippen molar-refractivity contribution in [3.8, 4) is 0 Å². The van der Waals surface area contributed by atoms with Crippen LogP contribution in [0.1, 0.15) is 91.4 Å². The molecule has 0 amide bonds. The van der Waals surface area contributed by atoms with E-state index < -0.39 is 51.4 Å². The van der Waals surface area contributed by atoms with Gasteiger partial charge in [0.15, 0.2) is 28.9 Å². The van der Waals surface area contributed by atoms with Gasteiger partial charge in [-0.2, -0.15) is 0 Å². The van der Waals surface area contributed by atoms with Crippen LogP contribution in [-0.2, 0) is 14.3 Å². The molecule has 1 heterocycles. The lowest BCUT2D eigenvalue weighted by molar-refractivity contribution is -0.167. The van der Waals surface area contributed by atoms with E-state index in [-0.39, 0.29) is 17.3 Å². The molecule has 6 heteroatoms. The van der Waals surface area contributed by atoms with Crippen LogP contribution in [-0.4, -0.2) is 45.4 Å². The summed E-state index contributed by atoms with van der Waals surface area (Å²) in [6, 6.07) is 8.55. The van der Waals surface area contributed by atoms with Crippen molar-refractivity contribution in [2.24, 2.45) is 22.2 Å². The lowest BCUT2D eigenvalue weighted by Crippen LogP contribution is -2.70. The molecule has 40 heavy (non-hydrogen) atoms. The summed E-state index contributed by atoms with van der Waals surface area (Å²) < 4.78 is 6.16. The smallest absolute Gasteiger partial charge is 0.187 e. The first-order valence-electron chi connectivity index (χ1n) is 14.3. The fraction of sp³-hybridized carbons (Fsp3) is 0.559. The maximum atomic E-state index is 14.9. The van der Waals surface area contributed by atoms with Crippen LogP contribution in [0.25, 0.3) is 0 Å². The summed E-state index contributed by atoms with van der Waals surface area (Å²) in [5, 5.41) is 22.3. The minimum atomic E-state index is -2.05. The van der Waals surface area contributed by atoms with E-state index in [1.54, 1.807) is 37.3 Å². The molecule has 6 atom stereocenters. The molecule has 6 nitrogen and oxygen atoms in total. The summed E-state index contributed by atoms with van der Waals surface area (Å²) in [6.07, 6.45) is 3.59. The zero-order valence-corrected chi connectivity index (χ0v) is 25.1. The Bertz CT molecular complexity index is 1300. The zero-order chi connectivity index (χ0) is 29.8. The van der Waals surface area contributed by atoms with Crippen LogP contribution >= 0.6 is 0 Å². The van der Waals surface area contributed by atoms with Gasteiger partial charge in [0, 0.05) is 5.56 Å². The number of Topliss-reactive ketones (excluding diaryl/α,β-unsaturated/α-hetero) is 3. The number of hydrogen-bond acceptors (Lipinski definition) is 6. The molecule has 4 rings (SSSR count). The van der Waals surface area contributed by atoms with Gasteiger partial charge in [-0.15, -0.1) is 0 Å². The van der Waals surface area contributed by atoms with Gasteiger partial charge in [0.25, 0.3) is 0 Å². The summed E-state index contributed by atoms with van der Waals surface area (Å²) in [6.45, 7) is 14.7. The van der Waals surface area contributed by atoms with Crippen LogP contribution < -0.4 is 0 Å². The van der Waals surface area contributed by atoms with Crippen molar-refractivity contribution >= 4 is 17.3 Å². The van der Waals surface area contributed by atoms with Gasteiger partial charge >= 0.3 is 0 Å². The van der Waals surface area contributed by atoms with E-state index in [1.807, 2.05) is 34.6 Å². The predicted octanol–water partition coefficient (Wildman–Crippen LogP) is 5.93. The van der Waals surface area contributed by atoms with Crippen molar-refractivity contribution in [1.29, 1.82) is 0 Å². The summed E-state index contributed by atoms with van der Waals surface area (Å²) in [7, 11) is 0. The topological polar surface area (TPSA) is 101 Å². The van der Waals surface area contributed by atoms with Gasteiger partial charge in [0.2, 0.25) is 0 Å². The quantitative estimate of drug-likeness (QED) is 0.237. The summed E-state index contributed by atoms with van der Waals surface area (Å²) in [4.78, 5) is 44.7. The highest BCUT2D eigenvalue weighted by atomic mass is 16.5. The van der Waals surface area contributed by atoms with Crippen LogP contribution in [0.3, 0.4) is 0 Å². The monoisotopic (exact) mass is 548 g/mol. The Hall–Kier alpha value is -2.83. The Morgan fingerprint density at radius 3 is 2.20 bits per heavy atom. The number of ether oxygens (including phenoxy) is 1. The fourth-order valence-electron chi connectivity index (χ4n) is 7.33. The average Bonchev–Trinajstić information content (AvgIpc) is 3.23. The first kappa shape index (κ1) is 30.1. The number of ketones is 3. The molecule has 0 radical (unpaired) electrons. The number of hydrogen-bond donors (Lipinski definition) is 2. The molecule has 0 spiro atoms. The molecule has 216 valence electrons. The number of benzene rings is 1. The van der Waals surface area contributed by atoms with E-state index in [4.69, 9.17) is 4.74 Å². The van der Waals surface area contributed by atoms with E-state index >= 15 is 0 Å². The third kappa shape index (κ3) is 4.35. The molecule has 1 aromatic rings. The predicted molar refractivity (Wildman–Crippen MR) is 154 cm³/mol. The van der Waals surface area contributed by atoms with Gasteiger partial charge < -0.3 is 14.9 Å². The van der Waals surface area contributed by atoms with Crippen molar-refractivity contribution in [2.75, 3.05) is 0 Å². The van der Waals surface area contributed by atoms with E-state index in [0.29, 0.717) is 31.2 Å². The van der Waals surface area contributed by atoms with Gasteiger partial charge in [0.1, 0.15) is 11.9 Å². The Labute approximate surface area is 238 Å². The van der Waals surface area contributed by atoms with Gasteiger partial charge in [-0.25, -0.2) is 0 Å². The number of carbonyl (C=O) groups excluding carboxylic acids is 3. The normalized spacial score (nSPS) is 33.3. The second-order valence-electron chi connectivity index (χ2n) is 13.5. The Balaban J connectivity index is 2.05. The van der Waals surface area contributed by atoms with Gasteiger partial charge in [-0.05, 0) is 85.5 Å². The summed E-state index contributed by atoms with van der Waals surface area (Å²) >= 11 is 0. The highest BCUT2D eigenvalue weighted by molar-refractivity contribution is 6.36. The molecule has 2 bridgehead atoms. The molecule has 1 saturated carbocycles. The number of allylic oxidation sites excluding steroid dienone is 5. The van der Waals surface area contributed by atoms with Gasteiger partial charge in [-0.1, -0.05) is 60.6 Å². The third-order valence-electron chi connectivity index (χ3n) is 9.51. The lowest BCUT2D eigenvalue weighted by atomic mass is 9.39. The second-order valence-corrected chi connectivity index (χ2v) is 13.5. The van der Waals surface area contributed by atoms with Crippen LogP contribution in [0.15, 0.2) is 65.0 Å². The Kier molecular flexibility index (Phi) is 7.70. The Morgan fingerprint density at radius 1 is 1.05 bits per heavy atom. The van der Waals surface area contributed by atoms with Crippen LogP contribution in [0.4, 0.5) is 0 Å². The number of rotatable bonds is 8. The number of aliphatic hydroxyl groups is 2. The molecule has 2 N–H and O–H groups in total.